The summed E-state index contributed by atoms with van der Waals surface area (Å²) in [5, 5.41) is 0.581. The van der Waals surface area contributed by atoms with E-state index in [1.54, 1.807) is 36.6 Å². The van der Waals surface area contributed by atoms with Crippen LogP contribution in [0.4, 0.5) is 0 Å². The number of hydrogen-bond donors (Lipinski definition) is 0. The van der Waals surface area contributed by atoms with Gasteiger partial charge in [0.1, 0.15) is 11.5 Å². The van der Waals surface area contributed by atoms with Crippen LogP contribution in [0.1, 0.15) is 31.2 Å². The fourth-order valence-corrected chi connectivity index (χ4v) is 5.36. The van der Waals surface area contributed by atoms with Gasteiger partial charge in [-0.25, -0.2) is 9.79 Å². The first-order valence-corrected chi connectivity index (χ1v) is 12.3. The molecule has 0 saturated heterocycles. The second kappa shape index (κ2) is 9.52. The number of fused-ring (bicyclic) bond motifs is 1. The van der Waals surface area contributed by atoms with Gasteiger partial charge in [0.15, 0.2) is 4.80 Å². The Kier molecular flexibility index (Phi) is 6.28. The number of carbonyl (C=O) groups excluding carboxylic acids is 1. The molecule has 0 unspecified atom stereocenters. The highest BCUT2D eigenvalue weighted by molar-refractivity contribution is 7.07. The molecule has 0 saturated carbocycles. The lowest BCUT2D eigenvalue weighted by atomic mass is 9.96. The standard InChI is InChI=1S/C27H21ClN2O4S/c1-3-33-26(32)23-16(2)29-27-30(24(23)17-9-5-4-6-10-17)25(31)22(35-27)15-18-13-14-21(34-18)19-11-7-8-12-20(19)28/h4-15,24H,3H2,1-2H3/b22-15+/t24-/m1/s1. The van der Waals surface area contributed by atoms with Gasteiger partial charge >= 0.3 is 5.97 Å². The number of furan rings is 1. The summed E-state index contributed by atoms with van der Waals surface area (Å²) in [7, 11) is 0. The lowest BCUT2D eigenvalue weighted by Gasteiger charge is -2.24. The Hall–Kier alpha value is -3.68. The summed E-state index contributed by atoms with van der Waals surface area (Å²) in [6, 6.07) is 19.8. The average Bonchev–Trinajstić information content (AvgIpc) is 3.43. The van der Waals surface area contributed by atoms with Crippen molar-refractivity contribution < 1.29 is 13.9 Å². The van der Waals surface area contributed by atoms with Crippen LogP contribution in [0.5, 0.6) is 0 Å². The highest BCUT2D eigenvalue weighted by Gasteiger charge is 2.33. The van der Waals surface area contributed by atoms with Crippen molar-refractivity contribution in [1.82, 2.24) is 4.57 Å². The molecule has 35 heavy (non-hydrogen) atoms. The molecule has 3 heterocycles. The first-order valence-electron chi connectivity index (χ1n) is 11.1. The fraction of sp³-hybridized carbons (Fsp3) is 0.148. The van der Waals surface area contributed by atoms with Gasteiger partial charge in [-0.3, -0.25) is 9.36 Å². The van der Waals surface area contributed by atoms with Gasteiger partial charge in [-0.15, -0.1) is 0 Å². The number of benzene rings is 2. The molecule has 1 aliphatic rings. The molecule has 1 aliphatic heterocycles. The Labute approximate surface area is 210 Å². The van der Waals surface area contributed by atoms with Crippen molar-refractivity contribution in [3.05, 3.63) is 114 Å². The van der Waals surface area contributed by atoms with Crippen molar-refractivity contribution in [2.24, 2.45) is 4.99 Å². The SMILES string of the molecule is CCOC(=O)C1=C(C)N=c2s/c(=C/c3ccc(-c4ccccc4Cl)o3)c(=O)n2[C@@H]1c1ccccc1. The number of halogens is 1. The normalized spacial score (nSPS) is 15.6. The minimum absolute atomic E-state index is 0.230. The molecule has 8 heteroatoms. The van der Waals surface area contributed by atoms with Gasteiger partial charge in [-0.1, -0.05) is 65.4 Å². The molecule has 0 N–H and O–H groups in total. The maximum atomic E-state index is 13.6. The van der Waals surface area contributed by atoms with E-state index in [1.807, 2.05) is 54.6 Å². The summed E-state index contributed by atoms with van der Waals surface area (Å²) in [6.45, 7) is 3.75. The Morgan fingerprint density at radius 3 is 2.63 bits per heavy atom. The number of carbonyl (C=O) groups is 1. The van der Waals surface area contributed by atoms with Gasteiger partial charge in [0, 0.05) is 11.6 Å². The summed E-state index contributed by atoms with van der Waals surface area (Å²) in [4.78, 5) is 31.6. The van der Waals surface area contributed by atoms with E-state index in [0.29, 0.717) is 37.1 Å². The number of hydrogen-bond acceptors (Lipinski definition) is 6. The number of aromatic nitrogens is 1. The Balaban J connectivity index is 1.64. The third kappa shape index (κ3) is 4.29. The molecule has 0 amide bonds. The van der Waals surface area contributed by atoms with E-state index < -0.39 is 12.0 Å². The topological polar surface area (TPSA) is 73.8 Å². The lowest BCUT2D eigenvalue weighted by Crippen LogP contribution is -2.39. The molecule has 0 spiro atoms. The monoisotopic (exact) mass is 504 g/mol. The second-order valence-electron chi connectivity index (χ2n) is 7.89. The molecular weight excluding hydrogens is 484 g/mol. The zero-order valence-electron chi connectivity index (χ0n) is 19.0. The van der Waals surface area contributed by atoms with Crippen LogP contribution in [0.25, 0.3) is 17.4 Å². The zero-order chi connectivity index (χ0) is 24.5. The van der Waals surface area contributed by atoms with Gasteiger partial charge in [-0.05, 0) is 43.7 Å². The Morgan fingerprint density at radius 1 is 1.14 bits per heavy atom. The largest absolute Gasteiger partial charge is 0.463 e. The highest BCUT2D eigenvalue weighted by atomic mass is 35.5. The van der Waals surface area contributed by atoms with E-state index in [0.717, 1.165) is 11.1 Å². The molecule has 5 rings (SSSR count). The average molecular weight is 505 g/mol. The first kappa shape index (κ1) is 23.1. The molecule has 4 aromatic rings. The number of esters is 1. The molecule has 2 aromatic heterocycles. The highest BCUT2D eigenvalue weighted by Crippen LogP contribution is 2.31. The number of rotatable bonds is 5. The fourth-order valence-electron chi connectivity index (χ4n) is 4.11. The van der Waals surface area contributed by atoms with Crippen molar-refractivity contribution in [1.29, 1.82) is 0 Å². The number of nitrogens with zero attached hydrogens (tertiary/aromatic N) is 2. The maximum Gasteiger partial charge on any atom is 0.338 e. The van der Waals surface area contributed by atoms with Crippen LogP contribution < -0.4 is 14.9 Å². The summed E-state index contributed by atoms with van der Waals surface area (Å²) in [6.07, 6.45) is 1.69. The van der Waals surface area contributed by atoms with Gasteiger partial charge < -0.3 is 9.15 Å². The van der Waals surface area contributed by atoms with Crippen molar-refractivity contribution in [2.75, 3.05) is 6.61 Å². The van der Waals surface area contributed by atoms with E-state index in [2.05, 4.69) is 4.99 Å². The summed E-state index contributed by atoms with van der Waals surface area (Å²) in [5.41, 5.74) is 2.21. The van der Waals surface area contributed by atoms with E-state index in [-0.39, 0.29) is 12.2 Å². The third-order valence-corrected chi connectivity index (χ3v) is 6.98. The Bertz CT molecular complexity index is 1630. The predicted octanol–water partition coefficient (Wildman–Crippen LogP) is 4.71. The summed E-state index contributed by atoms with van der Waals surface area (Å²) in [5.74, 6) is 0.646. The quantitative estimate of drug-likeness (QED) is 0.369. The van der Waals surface area contributed by atoms with Crippen LogP contribution in [0.15, 0.2) is 92.2 Å². The zero-order valence-corrected chi connectivity index (χ0v) is 20.6. The van der Waals surface area contributed by atoms with Crippen LogP contribution in [0, 0.1) is 0 Å². The van der Waals surface area contributed by atoms with E-state index in [9.17, 15) is 9.59 Å². The molecule has 0 bridgehead atoms. The van der Waals surface area contributed by atoms with Crippen LogP contribution in [-0.2, 0) is 9.53 Å². The molecule has 0 radical (unpaired) electrons. The summed E-state index contributed by atoms with van der Waals surface area (Å²) >= 11 is 7.55. The van der Waals surface area contributed by atoms with E-state index in [4.69, 9.17) is 20.8 Å². The van der Waals surface area contributed by atoms with E-state index >= 15 is 0 Å². The minimum atomic E-state index is -0.635. The minimum Gasteiger partial charge on any atom is -0.463 e. The Morgan fingerprint density at radius 2 is 1.89 bits per heavy atom. The molecule has 2 aromatic carbocycles. The molecule has 6 nitrogen and oxygen atoms in total. The van der Waals surface area contributed by atoms with Gasteiger partial charge in [0.2, 0.25) is 0 Å². The molecule has 0 aliphatic carbocycles. The van der Waals surface area contributed by atoms with Crippen molar-refractivity contribution >= 4 is 35.0 Å². The smallest absolute Gasteiger partial charge is 0.338 e. The number of allylic oxidation sites excluding steroid dienone is 1. The number of thiazole rings is 1. The van der Waals surface area contributed by atoms with Crippen molar-refractivity contribution in [3.63, 3.8) is 0 Å². The van der Waals surface area contributed by atoms with Crippen molar-refractivity contribution in [3.8, 4) is 11.3 Å². The van der Waals surface area contributed by atoms with Crippen LogP contribution in [0.3, 0.4) is 0 Å². The van der Waals surface area contributed by atoms with E-state index in [1.165, 1.54) is 11.3 Å². The molecule has 1 atom stereocenters. The van der Waals surface area contributed by atoms with Gasteiger partial charge in [0.05, 0.1) is 33.5 Å². The summed E-state index contributed by atoms with van der Waals surface area (Å²) < 4.78 is 13.3. The predicted molar refractivity (Wildman–Crippen MR) is 136 cm³/mol. The first-order chi connectivity index (χ1) is 17.0. The van der Waals surface area contributed by atoms with Crippen molar-refractivity contribution in [2.45, 2.75) is 19.9 Å². The third-order valence-electron chi connectivity index (χ3n) is 5.67. The second-order valence-corrected chi connectivity index (χ2v) is 9.31. The molecular formula is C27H21ClN2O4S. The molecule has 176 valence electrons. The number of ether oxygens (including phenoxy) is 1. The van der Waals surface area contributed by atoms with Gasteiger partial charge in [0.25, 0.3) is 5.56 Å². The van der Waals surface area contributed by atoms with Crippen LogP contribution >= 0.6 is 22.9 Å². The van der Waals surface area contributed by atoms with Crippen LogP contribution in [0.2, 0.25) is 5.02 Å². The van der Waals surface area contributed by atoms with Gasteiger partial charge in [-0.2, -0.15) is 0 Å². The maximum absolute atomic E-state index is 13.6. The lowest BCUT2D eigenvalue weighted by molar-refractivity contribution is -0.139. The van der Waals surface area contributed by atoms with Crippen LogP contribution in [-0.4, -0.2) is 17.1 Å². The molecule has 0 fully saturated rings.